The zero-order valence-electron chi connectivity index (χ0n) is 16.0. The SMILES string of the molecule is COc1ccc(C=CC(=O)N2CCC(c3ccc4c(c3)OCO4)C2)cc1OC. The Morgan fingerprint density at radius 1 is 1.07 bits per heavy atom. The van der Waals surface area contributed by atoms with Gasteiger partial charge in [0.05, 0.1) is 14.2 Å². The monoisotopic (exact) mass is 381 g/mol. The van der Waals surface area contributed by atoms with Gasteiger partial charge >= 0.3 is 0 Å². The summed E-state index contributed by atoms with van der Waals surface area (Å²) in [5.74, 6) is 3.20. The predicted molar refractivity (Wildman–Crippen MR) is 105 cm³/mol. The highest BCUT2D eigenvalue weighted by Crippen LogP contribution is 2.37. The normalized spacial score (nSPS) is 17.9. The molecule has 0 aliphatic carbocycles. The van der Waals surface area contributed by atoms with Crippen LogP contribution in [0.1, 0.15) is 23.5 Å². The van der Waals surface area contributed by atoms with Crippen LogP contribution in [0.25, 0.3) is 6.08 Å². The summed E-state index contributed by atoms with van der Waals surface area (Å²) < 4.78 is 21.4. The molecule has 28 heavy (non-hydrogen) atoms. The summed E-state index contributed by atoms with van der Waals surface area (Å²) in [4.78, 5) is 14.5. The molecule has 6 nitrogen and oxygen atoms in total. The highest BCUT2D eigenvalue weighted by atomic mass is 16.7. The molecule has 2 aliphatic heterocycles. The molecule has 2 heterocycles. The van der Waals surface area contributed by atoms with Gasteiger partial charge in [0.25, 0.3) is 0 Å². The molecule has 0 N–H and O–H groups in total. The van der Waals surface area contributed by atoms with Gasteiger partial charge in [0.15, 0.2) is 23.0 Å². The van der Waals surface area contributed by atoms with Crippen molar-refractivity contribution in [2.45, 2.75) is 12.3 Å². The second kappa shape index (κ2) is 7.84. The Morgan fingerprint density at radius 2 is 1.89 bits per heavy atom. The highest BCUT2D eigenvalue weighted by molar-refractivity contribution is 5.92. The standard InChI is InChI=1S/C22H23NO5/c1-25-18-6-3-15(11-20(18)26-2)4-8-22(24)23-10-9-17(13-23)16-5-7-19-21(12-16)28-14-27-19/h3-8,11-12,17H,9-10,13-14H2,1-2H3. The molecule has 1 amide bonds. The molecular weight excluding hydrogens is 358 g/mol. The molecule has 2 aromatic carbocycles. The predicted octanol–water partition coefficient (Wildman–Crippen LogP) is 3.46. The smallest absolute Gasteiger partial charge is 0.246 e. The largest absolute Gasteiger partial charge is 0.493 e. The van der Waals surface area contributed by atoms with Crippen molar-refractivity contribution in [2.75, 3.05) is 34.1 Å². The van der Waals surface area contributed by atoms with Crippen molar-refractivity contribution in [1.29, 1.82) is 0 Å². The lowest BCUT2D eigenvalue weighted by atomic mass is 9.98. The molecular formula is C22H23NO5. The second-order valence-corrected chi connectivity index (χ2v) is 6.83. The van der Waals surface area contributed by atoms with Crippen LogP contribution in [0.3, 0.4) is 0 Å². The van der Waals surface area contributed by atoms with E-state index in [1.54, 1.807) is 26.4 Å². The first-order valence-electron chi connectivity index (χ1n) is 9.26. The summed E-state index contributed by atoms with van der Waals surface area (Å²) in [7, 11) is 3.19. The lowest BCUT2D eigenvalue weighted by Crippen LogP contribution is -2.26. The Balaban J connectivity index is 1.40. The van der Waals surface area contributed by atoms with Gasteiger partial charge < -0.3 is 23.8 Å². The maximum absolute atomic E-state index is 12.6. The van der Waals surface area contributed by atoms with Crippen LogP contribution in [-0.2, 0) is 4.79 Å². The fourth-order valence-corrected chi connectivity index (χ4v) is 3.63. The molecule has 0 aromatic heterocycles. The fraction of sp³-hybridized carbons (Fsp3) is 0.318. The average molecular weight is 381 g/mol. The molecule has 2 aromatic rings. The third-order valence-corrected chi connectivity index (χ3v) is 5.19. The van der Waals surface area contributed by atoms with Crippen molar-refractivity contribution in [2.24, 2.45) is 0 Å². The quantitative estimate of drug-likeness (QED) is 0.743. The van der Waals surface area contributed by atoms with Crippen molar-refractivity contribution in [3.05, 3.63) is 53.6 Å². The molecule has 1 atom stereocenters. The number of carbonyl (C=O) groups is 1. The second-order valence-electron chi connectivity index (χ2n) is 6.83. The number of hydrogen-bond acceptors (Lipinski definition) is 5. The maximum Gasteiger partial charge on any atom is 0.246 e. The summed E-state index contributed by atoms with van der Waals surface area (Å²) in [5.41, 5.74) is 2.07. The number of ether oxygens (including phenoxy) is 4. The van der Waals surface area contributed by atoms with E-state index in [1.165, 1.54) is 5.56 Å². The van der Waals surface area contributed by atoms with E-state index in [9.17, 15) is 4.79 Å². The van der Waals surface area contributed by atoms with Gasteiger partial charge in [0.1, 0.15) is 0 Å². The Morgan fingerprint density at radius 3 is 2.71 bits per heavy atom. The van der Waals surface area contributed by atoms with Gasteiger partial charge in [-0.2, -0.15) is 0 Å². The summed E-state index contributed by atoms with van der Waals surface area (Å²) in [6.45, 7) is 1.72. The summed E-state index contributed by atoms with van der Waals surface area (Å²) >= 11 is 0. The molecule has 4 rings (SSSR count). The first-order valence-corrected chi connectivity index (χ1v) is 9.26. The van der Waals surface area contributed by atoms with E-state index in [-0.39, 0.29) is 12.7 Å². The van der Waals surface area contributed by atoms with Gasteiger partial charge in [-0.3, -0.25) is 4.79 Å². The Bertz CT molecular complexity index is 908. The van der Waals surface area contributed by atoms with Crippen molar-refractivity contribution >= 4 is 12.0 Å². The zero-order valence-corrected chi connectivity index (χ0v) is 16.0. The lowest BCUT2D eigenvalue weighted by Gasteiger charge is -2.15. The van der Waals surface area contributed by atoms with E-state index < -0.39 is 0 Å². The van der Waals surface area contributed by atoms with Gasteiger partial charge in [-0.25, -0.2) is 0 Å². The number of benzene rings is 2. The van der Waals surface area contributed by atoms with Crippen molar-refractivity contribution < 1.29 is 23.7 Å². The molecule has 6 heteroatoms. The van der Waals surface area contributed by atoms with Crippen LogP contribution in [0.4, 0.5) is 0 Å². The van der Waals surface area contributed by atoms with E-state index in [2.05, 4.69) is 6.07 Å². The van der Waals surface area contributed by atoms with Gasteiger partial charge in [0.2, 0.25) is 12.7 Å². The number of methoxy groups -OCH3 is 2. The number of rotatable bonds is 5. The molecule has 0 saturated carbocycles. The Hall–Kier alpha value is -3.15. The molecule has 0 spiro atoms. The summed E-state index contributed by atoms with van der Waals surface area (Å²) in [6, 6.07) is 11.6. The van der Waals surface area contributed by atoms with Gasteiger partial charge in [0, 0.05) is 25.1 Å². The maximum atomic E-state index is 12.6. The summed E-state index contributed by atoms with van der Waals surface area (Å²) in [5, 5.41) is 0. The number of carbonyl (C=O) groups excluding carboxylic acids is 1. The van der Waals surface area contributed by atoms with E-state index in [4.69, 9.17) is 18.9 Å². The van der Waals surface area contributed by atoms with Gasteiger partial charge in [-0.05, 0) is 47.9 Å². The topological polar surface area (TPSA) is 57.2 Å². The van der Waals surface area contributed by atoms with E-state index in [1.807, 2.05) is 35.2 Å². The molecule has 0 radical (unpaired) electrons. The van der Waals surface area contributed by atoms with Crippen LogP contribution >= 0.6 is 0 Å². The minimum atomic E-state index is 0.0121. The number of nitrogens with zero attached hydrogens (tertiary/aromatic N) is 1. The van der Waals surface area contributed by atoms with Crippen LogP contribution in [-0.4, -0.2) is 44.9 Å². The van der Waals surface area contributed by atoms with Crippen LogP contribution in [0, 0.1) is 0 Å². The van der Waals surface area contributed by atoms with E-state index in [0.717, 1.165) is 30.0 Å². The van der Waals surface area contributed by atoms with E-state index >= 15 is 0 Å². The fourth-order valence-electron chi connectivity index (χ4n) is 3.63. The third kappa shape index (κ3) is 3.63. The lowest BCUT2D eigenvalue weighted by molar-refractivity contribution is -0.124. The van der Waals surface area contributed by atoms with Crippen LogP contribution in [0.2, 0.25) is 0 Å². The van der Waals surface area contributed by atoms with E-state index in [0.29, 0.717) is 24.0 Å². The number of fused-ring (bicyclic) bond motifs is 1. The zero-order chi connectivity index (χ0) is 19.5. The number of amides is 1. The Kier molecular flexibility index (Phi) is 5.10. The van der Waals surface area contributed by atoms with Gasteiger partial charge in [-0.1, -0.05) is 12.1 Å². The highest BCUT2D eigenvalue weighted by Gasteiger charge is 2.27. The number of hydrogen-bond donors (Lipinski definition) is 0. The first kappa shape index (κ1) is 18.2. The van der Waals surface area contributed by atoms with Crippen LogP contribution < -0.4 is 18.9 Å². The molecule has 1 saturated heterocycles. The minimum Gasteiger partial charge on any atom is -0.493 e. The van der Waals surface area contributed by atoms with Crippen molar-refractivity contribution in [1.82, 2.24) is 4.90 Å². The number of likely N-dealkylation sites (tertiary alicyclic amines) is 1. The minimum absolute atomic E-state index is 0.0121. The average Bonchev–Trinajstić information content (AvgIpc) is 3.40. The Labute approximate surface area is 164 Å². The molecule has 0 bridgehead atoms. The van der Waals surface area contributed by atoms with Crippen molar-refractivity contribution in [3.63, 3.8) is 0 Å². The van der Waals surface area contributed by atoms with Crippen LogP contribution in [0.5, 0.6) is 23.0 Å². The third-order valence-electron chi connectivity index (χ3n) is 5.19. The molecule has 1 unspecified atom stereocenters. The van der Waals surface area contributed by atoms with Crippen LogP contribution in [0.15, 0.2) is 42.5 Å². The first-order chi connectivity index (χ1) is 13.7. The summed E-state index contributed by atoms with van der Waals surface area (Å²) in [6.07, 6.45) is 4.36. The molecule has 146 valence electrons. The van der Waals surface area contributed by atoms with Crippen molar-refractivity contribution in [3.8, 4) is 23.0 Å². The molecule has 1 fully saturated rings. The molecule has 2 aliphatic rings. The van der Waals surface area contributed by atoms with Gasteiger partial charge in [-0.15, -0.1) is 0 Å².